The van der Waals surface area contributed by atoms with Gasteiger partial charge in [-0.1, -0.05) is 22.0 Å². The maximum atomic E-state index is 12.0. The molecule has 0 bridgehead atoms. The van der Waals surface area contributed by atoms with Gasteiger partial charge in [-0.15, -0.1) is 11.3 Å². The number of carbonyl (C=O) groups excluding carboxylic acids is 2. The van der Waals surface area contributed by atoms with Crippen molar-refractivity contribution in [1.82, 2.24) is 4.98 Å². The third-order valence-electron chi connectivity index (χ3n) is 2.49. The molecule has 1 aromatic heterocycles. The Hall–Kier alpha value is -1.93. The number of anilines is 2. The van der Waals surface area contributed by atoms with Gasteiger partial charge in [0.1, 0.15) is 0 Å². The van der Waals surface area contributed by atoms with Crippen molar-refractivity contribution in [2.24, 2.45) is 0 Å². The largest absolute Gasteiger partial charge is 0.450 e. The third-order valence-corrected chi connectivity index (χ3v) is 3.79. The summed E-state index contributed by atoms with van der Waals surface area (Å²) in [5, 5.41) is 7.42. The van der Waals surface area contributed by atoms with E-state index in [4.69, 9.17) is 4.74 Å². The summed E-state index contributed by atoms with van der Waals surface area (Å²) in [4.78, 5) is 27.4. The maximum Gasteiger partial charge on any atom is 0.413 e. The van der Waals surface area contributed by atoms with E-state index in [9.17, 15) is 9.59 Å². The molecule has 2 aromatic rings. The topological polar surface area (TPSA) is 80.3 Å². The minimum absolute atomic E-state index is 0.132. The molecule has 1 heterocycles. The number of nitrogens with zero attached hydrogens (tertiary/aromatic N) is 1. The minimum Gasteiger partial charge on any atom is -0.450 e. The third kappa shape index (κ3) is 5.12. The zero-order valence-electron chi connectivity index (χ0n) is 11.8. The number of halogens is 1. The van der Waals surface area contributed by atoms with Gasteiger partial charge in [0.2, 0.25) is 5.91 Å². The Balaban J connectivity index is 1.89. The van der Waals surface area contributed by atoms with Crippen LogP contribution in [0.2, 0.25) is 0 Å². The van der Waals surface area contributed by atoms with E-state index >= 15 is 0 Å². The lowest BCUT2D eigenvalue weighted by atomic mass is 10.3. The fourth-order valence-corrected chi connectivity index (χ4v) is 2.73. The van der Waals surface area contributed by atoms with Gasteiger partial charge in [0, 0.05) is 15.5 Å². The van der Waals surface area contributed by atoms with E-state index in [1.165, 1.54) is 11.3 Å². The van der Waals surface area contributed by atoms with Crippen molar-refractivity contribution in [2.75, 3.05) is 17.2 Å². The highest BCUT2D eigenvalue weighted by Gasteiger charge is 2.10. The Kier molecular flexibility index (Phi) is 5.91. The smallest absolute Gasteiger partial charge is 0.413 e. The van der Waals surface area contributed by atoms with E-state index in [-0.39, 0.29) is 12.3 Å². The zero-order valence-corrected chi connectivity index (χ0v) is 14.2. The first-order valence-corrected chi connectivity index (χ1v) is 8.17. The average molecular weight is 384 g/mol. The fourth-order valence-electron chi connectivity index (χ4n) is 1.64. The molecule has 0 fully saturated rings. The predicted molar refractivity (Wildman–Crippen MR) is 89.2 cm³/mol. The lowest BCUT2D eigenvalue weighted by molar-refractivity contribution is -0.115. The first-order valence-electron chi connectivity index (χ1n) is 6.50. The van der Waals surface area contributed by atoms with Crippen LogP contribution in [0.25, 0.3) is 0 Å². The molecule has 2 N–H and O–H groups in total. The van der Waals surface area contributed by atoms with Gasteiger partial charge in [-0.2, -0.15) is 0 Å². The molecule has 1 aromatic carbocycles. The summed E-state index contributed by atoms with van der Waals surface area (Å²) in [7, 11) is 0. The van der Waals surface area contributed by atoms with Crippen LogP contribution in [0.15, 0.2) is 34.1 Å². The van der Waals surface area contributed by atoms with Gasteiger partial charge >= 0.3 is 6.09 Å². The quantitative estimate of drug-likeness (QED) is 0.825. The summed E-state index contributed by atoms with van der Waals surface area (Å²) in [5.41, 5.74) is 1.30. The molecule has 0 radical (unpaired) electrons. The molecular formula is C14H14BrN3O3S. The van der Waals surface area contributed by atoms with Crippen molar-refractivity contribution in [3.8, 4) is 0 Å². The van der Waals surface area contributed by atoms with Crippen molar-refractivity contribution < 1.29 is 14.3 Å². The summed E-state index contributed by atoms with van der Waals surface area (Å²) in [5.74, 6) is -0.175. The van der Waals surface area contributed by atoms with Crippen LogP contribution in [-0.2, 0) is 16.0 Å². The van der Waals surface area contributed by atoms with Crippen LogP contribution in [0.4, 0.5) is 15.6 Å². The second kappa shape index (κ2) is 7.90. The van der Waals surface area contributed by atoms with E-state index in [1.54, 1.807) is 18.4 Å². The summed E-state index contributed by atoms with van der Waals surface area (Å²) >= 11 is 4.59. The molecule has 0 aliphatic rings. The molecule has 116 valence electrons. The van der Waals surface area contributed by atoms with Gasteiger partial charge < -0.3 is 10.1 Å². The number of thiazole rings is 1. The number of ether oxygens (including phenoxy) is 1. The van der Waals surface area contributed by atoms with Crippen LogP contribution in [0.3, 0.4) is 0 Å². The highest BCUT2D eigenvalue weighted by atomic mass is 79.9. The number of hydrogen-bond acceptors (Lipinski definition) is 5. The van der Waals surface area contributed by atoms with Crippen LogP contribution in [-0.4, -0.2) is 23.6 Å². The molecule has 0 aliphatic carbocycles. The van der Waals surface area contributed by atoms with Gasteiger partial charge in [-0.3, -0.25) is 10.1 Å². The zero-order chi connectivity index (χ0) is 15.9. The van der Waals surface area contributed by atoms with Gasteiger partial charge in [0.15, 0.2) is 5.13 Å². The number of hydrogen-bond donors (Lipinski definition) is 2. The van der Waals surface area contributed by atoms with Crippen LogP contribution < -0.4 is 10.6 Å². The van der Waals surface area contributed by atoms with Crippen LogP contribution in [0.1, 0.15) is 12.6 Å². The number of aromatic nitrogens is 1. The lowest BCUT2D eigenvalue weighted by Crippen LogP contribution is -2.15. The Bertz CT molecular complexity index is 675. The van der Waals surface area contributed by atoms with Crippen LogP contribution in [0, 0.1) is 0 Å². The van der Waals surface area contributed by atoms with E-state index in [1.807, 2.05) is 18.2 Å². The number of benzene rings is 1. The first-order chi connectivity index (χ1) is 10.6. The van der Waals surface area contributed by atoms with E-state index in [0.29, 0.717) is 23.1 Å². The summed E-state index contributed by atoms with van der Waals surface area (Å²) in [6.45, 7) is 2.01. The number of nitrogens with one attached hydrogen (secondary N) is 2. The second-order valence-corrected chi connectivity index (χ2v) is 6.00. The van der Waals surface area contributed by atoms with Crippen molar-refractivity contribution in [3.05, 3.63) is 39.8 Å². The normalized spacial score (nSPS) is 10.1. The maximum absolute atomic E-state index is 12.0. The molecule has 22 heavy (non-hydrogen) atoms. The fraction of sp³-hybridized carbons (Fsp3) is 0.214. The van der Waals surface area contributed by atoms with Gasteiger partial charge in [0.25, 0.3) is 0 Å². The van der Waals surface area contributed by atoms with E-state index < -0.39 is 6.09 Å². The second-order valence-electron chi connectivity index (χ2n) is 4.22. The van der Waals surface area contributed by atoms with E-state index in [2.05, 4.69) is 31.5 Å². The highest BCUT2D eigenvalue weighted by molar-refractivity contribution is 9.10. The van der Waals surface area contributed by atoms with Crippen molar-refractivity contribution in [3.63, 3.8) is 0 Å². The molecule has 0 spiro atoms. The Morgan fingerprint density at radius 3 is 2.91 bits per heavy atom. The molecule has 0 saturated carbocycles. The summed E-state index contributed by atoms with van der Waals surface area (Å²) in [6.07, 6.45) is -0.421. The Morgan fingerprint density at radius 1 is 1.36 bits per heavy atom. The van der Waals surface area contributed by atoms with Crippen molar-refractivity contribution >= 4 is 50.1 Å². The Labute approximate surface area is 140 Å². The van der Waals surface area contributed by atoms with Gasteiger partial charge in [-0.05, 0) is 25.1 Å². The van der Waals surface area contributed by atoms with E-state index in [0.717, 1.165) is 4.47 Å². The van der Waals surface area contributed by atoms with Crippen molar-refractivity contribution in [2.45, 2.75) is 13.3 Å². The molecule has 2 amide bonds. The van der Waals surface area contributed by atoms with Crippen LogP contribution in [0.5, 0.6) is 0 Å². The number of amides is 2. The molecule has 0 unspecified atom stereocenters. The van der Waals surface area contributed by atoms with Gasteiger partial charge in [-0.25, -0.2) is 9.78 Å². The standard InChI is InChI=1S/C14H14BrN3O3S/c1-2-21-14(20)18-13-17-11(8-22-13)7-12(19)16-10-5-3-4-9(15)6-10/h3-6,8H,2,7H2,1H3,(H,16,19)(H,17,18,20). The van der Waals surface area contributed by atoms with Crippen LogP contribution >= 0.6 is 27.3 Å². The van der Waals surface area contributed by atoms with Crippen molar-refractivity contribution in [1.29, 1.82) is 0 Å². The Morgan fingerprint density at radius 2 is 2.18 bits per heavy atom. The molecule has 6 nitrogen and oxygen atoms in total. The monoisotopic (exact) mass is 383 g/mol. The van der Waals surface area contributed by atoms with Gasteiger partial charge in [0.05, 0.1) is 18.7 Å². The average Bonchev–Trinajstić information content (AvgIpc) is 2.85. The lowest BCUT2D eigenvalue weighted by Gasteiger charge is -2.04. The SMILES string of the molecule is CCOC(=O)Nc1nc(CC(=O)Nc2cccc(Br)c2)cs1. The molecule has 0 atom stereocenters. The minimum atomic E-state index is -0.554. The molecular weight excluding hydrogens is 370 g/mol. The highest BCUT2D eigenvalue weighted by Crippen LogP contribution is 2.18. The molecule has 2 rings (SSSR count). The number of rotatable bonds is 5. The molecule has 0 aliphatic heterocycles. The number of carbonyl (C=O) groups is 2. The molecule has 0 saturated heterocycles. The summed E-state index contributed by atoms with van der Waals surface area (Å²) < 4.78 is 5.65. The predicted octanol–water partition coefficient (Wildman–Crippen LogP) is 3.66. The first kappa shape index (κ1) is 16.4. The molecule has 8 heteroatoms. The summed E-state index contributed by atoms with van der Waals surface area (Å²) in [6, 6.07) is 7.33.